The summed E-state index contributed by atoms with van der Waals surface area (Å²) in [6, 6.07) is 1.86. The quantitative estimate of drug-likeness (QED) is 0.793. The van der Waals surface area contributed by atoms with Gasteiger partial charge < -0.3 is 4.90 Å². The second-order valence-corrected chi connectivity index (χ2v) is 5.06. The third kappa shape index (κ3) is 3.66. The fourth-order valence-electron chi connectivity index (χ4n) is 2.07. The van der Waals surface area contributed by atoms with Crippen molar-refractivity contribution < 1.29 is 0 Å². The highest BCUT2D eigenvalue weighted by molar-refractivity contribution is 5.29. The standard InChI is InChI=1S/C13H22N4/c1-12(2)4-7-16-8-10-17(11-9-16)13-14-5-3-6-15-13/h3,5-6,12H,4,7-11H2,1-2H3. The van der Waals surface area contributed by atoms with E-state index in [1.165, 1.54) is 13.0 Å². The first kappa shape index (κ1) is 12.3. The van der Waals surface area contributed by atoms with E-state index >= 15 is 0 Å². The van der Waals surface area contributed by atoms with Crippen molar-refractivity contribution in [2.24, 2.45) is 5.92 Å². The van der Waals surface area contributed by atoms with Crippen LogP contribution in [-0.4, -0.2) is 47.6 Å². The number of rotatable bonds is 4. The Morgan fingerprint density at radius 2 is 1.76 bits per heavy atom. The van der Waals surface area contributed by atoms with Crippen molar-refractivity contribution in [2.45, 2.75) is 20.3 Å². The molecule has 2 heterocycles. The highest BCUT2D eigenvalue weighted by Gasteiger charge is 2.18. The zero-order valence-electron chi connectivity index (χ0n) is 10.8. The fraction of sp³-hybridized carbons (Fsp3) is 0.692. The van der Waals surface area contributed by atoms with Gasteiger partial charge in [-0.2, -0.15) is 0 Å². The SMILES string of the molecule is CC(C)CCN1CCN(c2ncccn2)CC1. The monoisotopic (exact) mass is 234 g/mol. The van der Waals surface area contributed by atoms with Crippen molar-refractivity contribution >= 4 is 5.95 Å². The van der Waals surface area contributed by atoms with Gasteiger partial charge in [0, 0.05) is 38.6 Å². The van der Waals surface area contributed by atoms with Crippen LogP contribution in [0.3, 0.4) is 0 Å². The number of piperazine rings is 1. The topological polar surface area (TPSA) is 32.3 Å². The van der Waals surface area contributed by atoms with Crippen LogP contribution in [0.25, 0.3) is 0 Å². The third-order valence-electron chi connectivity index (χ3n) is 3.23. The van der Waals surface area contributed by atoms with Gasteiger partial charge in [0.2, 0.25) is 5.95 Å². The summed E-state index contributed by atoms with van der Waals surface area (Å²) in [4.78, 5) is 13.4. The third-order valence-corrected chi connectivity index (χ3v) is 3.23. The molecule has 0 atom stereocenters. The molecule has 1 saturated heterocycles. The molecule has 1 aliphatic heterocycles. The van der Waals surface area contributed by atoms with E-state index in [1.54, 1.807) is 0 Å². The van der Waals surface area contributed by atoms with Crippen molar-refractivity contribution in [1.29, 1.82) is 0 Å². The summed E-state index contributed by atoms with van der Waals surface area (Å²) in [5.41, 5.74) is 0. The smallest absolute Gasteiger partial charge is 0.225 e. The van der Waals surface area contributed by atoms with Crippen molar-refractivity contribution in [2.75, 3.05) is 37.6 Å². The van der Waals surface area contributed by atoms with Crippen LogP contribution in [-0.2, 0) is 0 Å². The maximum atomic E-state index is 4.30. The van der Waals surface area contributed by atoms with Gasteiger partial charge in [-0.25, -0.2) is 9.97 Å². The molecule has 0 unspecified atom stereocenters. The van der Waals surface area contributed by atoms with Crippen molar-refractivity contribution in [3.8, 4) is 0 Å². The van der Waals surface area contributed by atoms with Crippen LogP contribution < -0.4 is 4.90 Å². The van der Waals surface area contributed by atoms with Gasteiger partial charge in [0.25, 0.3) is 0 Å². The van der Waals surface area contributed by atoms with Crippen molar-refractivity contribution in [1.82, 2.24) is 14.9 Å². The van der Waals surface area contributed by atoms with Crippen LogP contribution in [0.15, 0.2) is 18.5 Å². The van der Waals surface area contributed by atoms with Gasteiger partial charge >= 0.3 is 0 Å². The highest BCUT2D eigenvalue weighted by Crippen LogP contribution is 2.10. The number of hydrogen-bond donors (Lipinski definition) is 0. The van der Waals surface area contributed by atoms with Crippen LogP contribution >= 0.6 is 0 Å². The first-order valence-corrected chi connectivity index (χ1v) is 6.50. The van der Waals surface area contributed by atoms with Gasteiger partial charge in [-0.3, -0.25) is 4.90 Å². The molecule has 17 heavy (non-hydrogen) atoms. The maximum Gasteiger partial charge on any atom is 0.225 e. The molecule has 0 aliphatic carbocycles. The number of nitrogens with zero attached hydrogens (tertiary/aromatic N) is 4. The Kier molecular flexibility index (Phi) is 4.31. The molecule has 1 aromatic heterocycles. The molecule has 0 N–H and O–H groups in total. The summed E-state index contributed by atoms with van der Waals surface area (Å²) < 4.78 is 0. The number of anilines is 1. The van der Waals surface area contributed by atoms with E-state index in [2.05, 4.69) is 33.6 Å². The zero-order chi connectivity index (χ0) is 12.1. The molecule has 1 fully saturated rings. The molecule has 94 valence electrons. The Morgan fingerprint density at radius 1 is 1.12 bits per heavy atom. The van der Waals surface area contributed by atoms with E-state index in [0.29, 0.717) is 0 Å². The van der Waals surface area contributed by atoms with Crippen molar-refractivity contribution in [3.05, 3.63) is 18.5 Å². The molecule has 2 rings (SSSR count). The molecular weight excluding hydrogens is 212 g/mol. The van der Waals surface area contributed by atoms with Gasteiger partial charge in [-0.15, -0.1) is 0 Å². The second-order valence-electron chi connectivity index (χ2n) is 5.06. The lowest BCUT2D eigenvalue weighted by molar-refractivity contribution is 0.242. The molecular formula is C13H22N4. The van der Waals surface area contributed by atoms with Crippen LogP contribution in [0.2, 0.25) is 0 Å². The van der Waals surface area contributed by atoms with Gasteiger partial charge in [0.1, 0.15) is 0 Å². The molecule has 0 saturated carbocycles. The Labute approximate surface area is 104 Å². The first-order valence-electron chi connectivity index (χ1n) is 6.50. The Bertz CT molecular complexity index is 317. The van der Waals surface area contributed by atoms with Crippen LogP contribution in [0.1, 0.15) is 20.3 Å². The Balaban J connectivity index is 1.78. The van der Waals surface area contributed by atoms with Crippen molar-refractivity contribution in [3.63, 3.8) is 0 Å². The summed E-state index contributed by atoms with van der Waals surface area (Å²) in [5.74, 6) is 1.67. The molecule has 0 spiro atoms. The molecule has 1 aromatic rings. The van der Waals surface area contributed by atoms with Crippen LogP contribution in [0.4, 0.5) is 5.95 Å². The molecule has 0 amide bonds. The van der Waals surface area contributed by atoms with Gasteiger partial charge in [0.05, 0.1) is 0 Å². The lowest BCUT2D eigenvalue weighted by Crippen LogP contribution is -2.47. The summed E-state index contributed by atoms with van der Waals surface area (Å²) in [6.45, 7) is 10.1. The summed E-state index contributed by atoms with van der Waals surface area (Å²) in [6.07, 6.45) is 4.92. The van der Waals surface area contributed by atoms with E-state index in [-0.39, 0.29) is 0 Å². The molecule has 0 radical (unpaired) electrons. The summed E-state index contributed by atoms with van der Waals surface area (Å²) in [7, 11) is 0. The predicted octanol–water partition coefficient (Wildman–Crippen LogP) is 1.64. The zero-order valence-corrected chi connectivity index (χ0v) is 10.8. The summed E-state index contributed by atoms with van der Waals surface area (Å²) >= 11 is 0. The number of hydrogen-bond acceptors (Lipinski definition) is 4. The normalized spacial score (nSPS) is 17.7. The van der Waals surface area contributed by atoms with Crippen LogP contribution in [0.5, 0.6) is 0 Å². The largest absolute Gasteiger partial charge is 0.338 e. The van der Waals surface area contributed by atoms with Gasteiger partial charge in [-0.05, 0) is 24.9 Å². The van der Waals surface area contributed by atoms with E-state index in [9.17, 15) is 0 Å². The second kappa shape index (κ2) is 5.96. The minimum Gasteiger partial charge on any atom is -0.338 e. The van der Waals surface area contributed by atoms with E-state index in [0.717, 1.165) is 38.0 Å². The van der Waals surface area contributed by atoms with E-state index in [4.69, 9.17) is 0 Å². The molecule has 4 heteroatoms. The van der Waals surface area contributed by atoms with Crippen LogP contribution in [0, 0.1) is 5.92 Å². The lowest BCUT2D eigenvalue weighted by atomic mass is 10.1. The average Bonchev–Trinajstić information content (AvgIpc) is 2.38. The van der Waals surface area contributed by atoms with E-state index < -0.39 is 0 Å². The molecule has 0 bridgehead atoms. The molecule has 0 aromatic carbocycles. The molecule has 4 nitrogen and oxygen atoms in total. The Hall–Kier alpha value is -1.16. The lowest BCUT2D eigenvalue weighted by Gasteiger charge is -2.34. The van der Waals surface area contributed by atoms with Gasteiger partial charge in [0.15, 0.2) is 0 Å². The fourth-order valence-corrected chi connectivity index (χ4v) is 2.07. The van der Waals surface area contributed by atoms with E-state index in [1.807, 2.05) is 18.5 Å². The first-order chi connectivity index (χ1) is 8.25. The maximum absolute atomic E-state index is 4.30. The average molecular weight is 234 g/mol. The minimum atomic E-state index is 0.797. The highest BCUT2D eigenvalue weighted by atomic mass is 15.3. The van der Waals surface area contributed by atoms with Gasteiger partial charge in [-0.1, -0.05) is 13.8 Å². The minimum absolute atomic E-state index is 0.797. The Morgan fingerprint density at radius 3 is 2.35 bits per heavy atom. The summed E-state index contributed by atoms with van der Waals surface area (Å²) in [5, 5.41) is 0. The number of aromatic nitrogens is 2. The molecule has 1 aliphatic rings. The predicted molar refractivity (Wildman–Crippen MR) is 70.1 cm³/mol.